The second-order valence-electron chi connectivity index (χ2n) is 10.6. The van der Waals surface area contributed by atoms with Gasteiger partial charge in [-0.1, -0.05) is 24.3 Å². The average Bonchev–Trinajstić information content (AvgIpc) is 3.04. The molecular weight excluding hydrogens is 719 g/mol. The van der Waals surface area contributed by atoms with Gasteiger partial charge in [-0.2, -0.15) is 0 Å². The van der Waals surface area contributed by atoms with Crippen molar-refractivity contribution in [3.63, 3.8) is 0 Å². The third kappa shape index (κ3) is 8.85. The number of hydrogen-bond acceptors (Lipinski definition) is 15. The summed E-state index contributed by atoms with van der Waals surface area (Å²) >= 11 is 0. The van der Waals surface area contributed by atoms with Gasteiger partial charge in [0, 0.05) is 22.9 Å². The van der Waals surface area contributed by atoms with Gasteiger partial charge < -0.3 is 36.8 Å². The van der Waals surface area contributed by atoms with Crippen molar-refractivity contribution in [1.29, 1.82) is 0 Å². The predicted molar refractivity (Wildman–Crippen MR) is 183 cm³/mol. The maximum absolute atomic E-state index is 11.4. The van der Waals surface area contributed by atoms with E-state index < -0.39 is 20.2 Å². The second kappa shape index (κ2) is 15.6. The summed E-state index contributed by atoms with van der Waals surface area (Å²) in [5.74, 6) is 0.730. The molecule has 0 amide bonds. The Bertz CT molecular complexity index is 2430. The number of nitrogens with zero attached hydrogens (tertiary/aromatic N) is 4. The molecule has 0 bridgehead atoms. The molecule has 0 heterocycles. The molecule has 6 aromatic carbocycles. The van der Waals surface area contributed by atoms with E-state index in [4.69, 9.17) is 27.7 Å². The normalized spacial score (nSPS) is 11.9. The molecule has 0 aromatic heterocycles. The molecule has 248 valence electrons. The Morgan fingerprint density at radius 1 is 0.471 bits per heavy atom. The fourth-order valence-electron chi connectivity index (χ4n) is 4.87. The van der Waals surface area contributed by atoms with E-state index in [9.17, 15) is 25.9 Å². The zero-order chi connectivity index (χ0) is 35.1. The number of nitrogens with two attached hydrogens (primary N) is 4. The molecule has 6 rings (SSSR count). The van der Waals surface area contributed by atoms with Gasteiger partial charge in [-0.15, -0.1) is 20.5 Å². The zero-order valence-electron chi connectivity index (χ0n) is 27.0. The maximum atomic E-state index is 11.4. The minimum Gasteiger partial charge on any atom is -0.744 e. The van der Waals surface area contributed by atoms with E-state index in [0.29, 0.717) is 44.4 Å². The largest absolute Gasteiger partial charge is 1.00 e. The molecule has 0 aliphatic rings. The quantitative estimate of drug-likeness (QED) is 0.0731. The van der Waals surface area contributed by atoms with Gasteiger partial charge in [-0.25, -0.2) is 16.8 Å². The van der Waals surface area contributed by atoms with E-state index in [2.05, 4.69) is 20.5 Å². The Balaban J connectivity index is 0.00000292. The molecule has 8 N–H and O–H groups in total. The number of anilines is 4. The molecule has 51 heavy (non-hydrogen) atoms. The molecule has 0 saturated carbocycles. The Morgan fingerprint density at radius 3 is 1.22 bits per heavy atom. The van der Waals surface area contributed by atoms with Crippen LogP contribution in [0.4, 0.5) is 45.5 Å². The first-order valence-electron chi connectivity index (χ1n) is 14.0. The third-order valence-corrected chi connectivity index (χ3v) is 8.98. The van der Waals surface area contributed by atoms with Crippen molar-refractivity contribution in [3.8, 4) is 11.5 Å². The van der Waals surface area contributed by atoms with E-state index in [1.807, 2.05) is 0 Å². The summed E-state index contributed by atoms with van der Waals surface area (Å²) in [6, 6.07) is 23.3. The van der Waals surface area contributed by atoms with Crippen LogP contribution in [-0.2, 0) is 20.2 Å². The van der Waals surface area contributed by atoms with Crippen molar-refractivity contribution in [1.82, 2.24) is 0 Å². The molecule has 0 spiro atoms. The van der Waals surface area contributed by atoms with Crippen molar-refractivity contribution in [2.75, 3.05) is 22.9 Å². The number of ether oxygens (including phenoxy) is 1. The van der Waals surface area contributed by atoms with Crippen LogP contribution in [0.3, 0.4) is 0 Å². The van der Waals surface area contributed by atoms with Gasteiger partial charge in [0.25, 0.3) is 0 Å². The summed E-state index contributed by atoms with van der Waals surface area (Å²) in [6.45, 7) is 0. The van der Waals surface area contributed by atoms with Crippen LogP contribution in [0.15, 0.2) is 127 Å². The van der Waals surface area contributed by atoms with Gasteiger partial charge in [0.2, 0.25) is 0 Å². The second-order valence-corrected chi connectivity index (χ2v) is 13.4. The molecule has 0 aliphatic carbocycles. The van der Waals surface area contributed by atoms with Crippen LogP contribution in [0, 0.1) is 0 Å². The van der Waals surface area contributed by atoms with Gasteiger partial charge in [0.1, 0.15) is 54.5 Å². The molecule has 0 fully saturated rings. The number of rotatable bonds is 8. The monoisotopic (exact) mass is 742 g/mol. The minimum absolute atomic E-state index is 0. The van der Waals surface area contributed by atoms with Crippen LogP contribution < -0.4 is 86.8 Å². The molecule has 0 atom stereocenters. The summed E-state index contributed by atoms with van der Waals surface area (Å²) in [5, 5.41) is 18.8. The average molecular weight is 743 g/mol. The summed E-state index contributed by atoms with van der Waals surface area (Å²) in [5.41, 5.74) is 26.8. The molecule has 0 radical (unpaired) electrons. The summed E-state index contributed by atoms with van der Waals surface area (Å²) in [7, 11) is -9.28. The molecule has 0 saturated heterocycles. The summed E-state index contributed by atoms with van der Waals surface area (Å²) in [6.07, 6.45) is 0. The zero-order valence-corrected chi connectivity index (χ0v) is 32.6. The Hall–Kier alpha value is -4.14. The van der Waals surface area contributed by atoms with Gasteiger partial charge in [-0.3, -0.25) is 0 Å². The molecular formula is C32H24N8Na2O7S2. The first-order chi connectivity index (χ1) is 23.2. The van der Waals surface area contributed by atoms with Crippen LogP contribution in [0.2, 0.25) is 0 Å². The van der Waals surface area contributed by atoms with Crippen molar-refractivity contribution >= 4 is 87.3 Å². The van der Waals surface area contributed by atoms with Gasteiger partial charge in [0.05, 0.1) is 32.5 Å². The summed E-state index contributed by atoms with van der Waals surface area (Å²) in [4.78, 5) is -0.752. The first kappa shape index (κ1) is 39.6. The van der Waals surface area contributed by atoms with Crippen molar-refractivity contribution in [2.45, 2.75) is 9.79 Å². The molecule has 0 aliphatic heterocycles. The minimum atomic E-state index is -4.64. The van der Waals surface area contributed by atoms with E-state index in [0.717, 1.165) is 0 Å². The van der Waals surface area contributed by atoms with Gasteiger partial charge in [-0.05, 0) is 71.4 Å². The van der Waals surface area contributed by atoms with E-state index in [-0.39, 0.29) is 103 Å². The fraction of sp³-hybridized carbons (Fsp3) is 0. The molecule has 0 unspecified atom stereocenters. The van der Waals surface area contributed by atoms with Crippen LogP contribution in [0.25, 0.3) is 21.5 Å². The predicted octanol–water partition coefficient (Wildman–Crippen LogP) is 0.761. The van der Waals surface area contributed by atoms with Crippen LogP contribution >= 0.6 is 0 Å². The number of nitrogen functional groups attached to an aromatic ring is 4. The summed E-state index contributed by atoms with van der Waals surface area (Å²) < 4.78 is 74.4. The third-order valence-electron chi connectivity index (χ3n) is 7.31. The van der Waals surface area contributed by atoms with E-state index >= 15 is 0 Å². The molecule has 6 aromatic rings. The standard InChI is InChI=1S/C32H26N8O7S2.2Na/c33-25-9-1-17-13-21(48(41,42)43)5-7-23(17)31(25)39-37-29-11-3-19(15-27(29)35)47-20-4-12-30(28(36)16-20)38-40-32-24-8-6-22(49(44,45)46)14-18(24)2-10-26(32)34;;/h1-16H,33-36H2,(H,41,42,43)(H,44,45,46);;/q;2*+1/p-2. The number of benzene rings is 6. The number of fused-ring (bicyclic) bond motifs is 2. The van der Waals surface area contributed by atoms with Crippen LogP contribution in [0.5, 0.6) is 11.5 Å². The van der Waals surface area contributed by atoms with Crippen molar-refractivity contribution in [3.05, 3.63) is 97.1 Å². The van der Waals surface area contributed by atoms with E-state index in [1.54, 1.807) is 36.4 Å². The first-order valence-corrected chi connectivity index (χ1v) is 16.9. The smallest absolute Gasteiger partial charge is 0.744 e. The van der Waals surface area contributed by atoms with Crippen LogP contribution in [-0.4, -0.2) is 25.9 Å². The van der Waals surface area contributed by atoms with Crippen LogP contribution in [0.1, 0.15) is 0 Å². The SMILES string of the molecule is Nc1cc(Oc2ccc(N=Nc3c(N)ccc4cc(S(=O)(=O)[O-])ccc34)c(N)c2)ccc1N=Nc1c(N)ccc2cc(S(=O)(=O)[O-])ccc12.[Na+].[Na+]. The Morgan fingerprint density at radius 2 is 0.863 bits per heavy atom. The number of hydrogen-bond donors (Lipinski definition) is 4. The topological polar surface area (TPSA) is 277 Å². The maximum Gasteiger partial charge on any atom is 1.00 e. The molecule has 15 nitrogen and oxygen atoms in total. The van der Waals surface area contributed by atoms with Gasteiger partial charge in [0.15, 0.2) is 0 Å². The van der Waals surface area contributed by atoms with Crippen molar-refractivity contribution in [2.24, 2.45) is 20.5 Å². The Labute approximate surface area is 335 Å². The number of azo groups is 2. The van der Waals surface area contributed by atoms with E-state index in [1.165, 1.54) is 60.7 Å². The molecule has 19 heteroatoms. The Kier molecular flexibility index (Phi) is 12.1. The van der Waals surface area contributed by atoms with Crippen molar-refractivity contribution < 1.29 is 89.8 Å². The van der Waals surface area contributed by atoms with Gasteiger partial charge >= 0.3 is 59.1 Å². The fourth-order valence-corrected chi connectivity index (χ4v) is 5.88.